The van der Waals surface area contributed by atoms with Gasteiger partial charge in [-0.25, -0.2) is 4.39 Å². The number of anilines is 1. The molecule has 1 heterocycles. The monoisotopic (exact) mass is 536 g/mol. The molecule has 1 amide bonds. The number of hydrogen-bond donors (Lipinski definition) is 1. The quantitative estimate of drug-likeness (QED) is 0.258. The molecule has 0 saturated heterocycles. The summed E-state index contributed by atoms with van der Waals surface area (Å²) in [7, 11) is 0. The van der Waals surface area contributed by atoms with Crippen molar-refractivity contribution in [1.29, 1.82) is 0 Å². The van der Waals surface area contributed by atoms with Gasteiger partial charge in [-0.1, -0.05) is 35.0 Å². The van der Waals surface area contributed by atoms with Gasteiger partial charge in [0.15, 0.2) is 17.1 Å². The van der Waals surface area contributed by atoms with Gasteiger partial charge in [0.25, 0.3) is 0 Å². The summed E-state index contributed by atoms with van der Waals surface area (Å²) in [6, 6.07) is 6.43. The molecule has 0 radical (unpaired) electrons. The summed E-state index contributed by atoms with van der Waals surface area (Å²) in [5, 5.41) is 11.1. The number of nitrogens with zero attached hydrogens (tertiary/aromatic N) is 3. The molecule has 0 fully saturated rings. The number of carbonyl (C=O) groups is 1. The molecule has 1 unspecified atom stereocenters. The van der Waals surface area contributed by atoms with Crippen LogP contribution in [0.3, 0.4) is 0 Å². The van der Waals surface area contributed by atoms with E-state index in [2.05, 4.69) is 15.5 Å². The van der Waals surface area contributed by atoms with Gasteiger partial charge in [0, 0.05) is 6.54 Å². The Morgan fingerprint density at radius 3 is 2.56 bits per heavy atom. The van der Waals surface area contributed by atoms with Crippen molar-refractivity contribution in [2.24, 2.45) is 0 Å². The summed E-state index contributed by atoms with van der Waals surface area (Å²) in [5.41, 5.74) is -1.07. The Morgan fingerprint density at radius 2 is 1.91 bits per heavy atom. The number of halogens is 6. The van der Waals surface area contributed by atoms with E-state index in [1.807, 2.05) is 6.92 Å². The molecule has 0 saturated carbocycles. The molecule has 0 spiro atoms. The van der Waals surface area contributed by atoms with Crippen molar-refractivity contribution in [2.45, 2.75) is 37.8 Å². The Hall–Kier alpha value is -2.50. The molecule has 13 heteroatoms. The van der Waals surface area contributed by atoms with Crippen LogP contribution in [0.4, 0.5) is 23.2 Å². The van der Waals surface area contributed by atoms with Crippen LogP contribution in [-0.2, 0) is 17.5 Å². The van der Waals surface area contributed by atoms with E-state index in [4.69, 9.17) is 27.9 Å². The van der Waals surface area contributed by atoms with Gasteiger partial charge in [-0.05, 0) is 50.2 Å². The first-order valence-corrected chi connectivity index (χ1v) is 11.6. The minimum atomic E-state index is -4.57. The number of amides is 1. The number of thioether (sulfide) groups is 1. The number of aromatic nitrogens is 3. The summed E-state index contributed by atoms with van der Waals surface area (Å²) in [6.45, 7) is 4.01. The Morgan fingerprint density at radius 1 is 1.18 bits per heavy atom. The van der Waals surface area contributed by atoms with Crippen LogP contribution in [0, 0.1) is 5.82 Å². The van der Waals surface area contributed by atoms with Gasteiger partial charge in [0.2, 0.25) is 5.91 Å². The molecule has 0 aliphatic carbocycles. The topological polar surface area (TPSA) is 69.0 Å². The molecule has 0 aliphatic heterocycles. The van der Waals surface area contributed by atoms with E-state index in [9.17, 15) is 22.4 Å². The molecule has 3 rings (SSSR count). The highest BCUT2D eigenvalue weighted by molar-refractivity contribution is 7.99. The molecule has 182 valence electrons. The Bertz CT molecular complexity index is 1190. The first-order valence-electron chi connectivity index (χ1n) is 9.83. The van der Waals surface area contributed by atoms with Gasteiger partial charge in [-0.3, -0.25) is 4.79 Å². The van der Waals surface area contributed by atoms with Crippen LogP contribution in [0.2, 0.25) is 10.0 Å². The summed E-state index contributed by atoms with van der Waals surface area (Å²) < 4.78 is 59.5. The molecule has 6 nitrogen and oxygen atoms in total. The Kier molecular flexibility index (Phi) is 8.32. The van der Waals surface area contributed by atoms with Gasteiger partial charge in [0.1, 0.15) is 11.6 Å². The van der Waals surface area contributed by atoms with Gasteiger partial charge in [-0.15, -0.1) is 10.2 Å². The molecule has 34 heavy (non-hydrogen) atoms. The second kappa shape index (κ2) is 10.8. The number of nitrogens with one attached hydrogen (secondary N) is 1. The van der Waals surface area contributed by atoms with E-state index in [1.165, 1.54) is 12.1 Å². The van der Waals surface area contributed by atoms with Crippen LogP contribution < -0.4 is 10.1 Å². The van der Waals surface area contributed by atoms with Crippen molar-refractivity contribution in [3.8, 4) is 5.75 Å². The van der Waals surface area contributed by atoms with Crippen molar-refractivity contribution >= 4 is 46.6 Å². The highest BCUT2D eigenvalue weighted by Gasteiger charge is 2.31. The third kappa shape index (κ3) is 6.34. The van der Waals surface area contributed by atoms with E-state index in [1.54, 1.807) is 11.5 Å². The smallest absolute Gasteiger partial charge is 0.416 e. The lowest BCUT2D eigenvalue weighted by Gasteiger charge is -2.16. The van der Waals surface area contributed by atoms with Gasteiger partial charge in [0.05, 0.1) is 27.0 Å². The number of benzene rings is 2. The van der Waals surface area contributed by atoms with E-state index in [-0.39, 0.29) is 27.2 Å². The summed E-state index contributed by atoms with van der Waals surface area (Å²) in [6.07, 6.45) is -5.16. The zero-order valence-corrected chi connectivity index (χ0v) is 20.1. The number of carbonyl (C=O) groups excluding carboxylic acids is 1. The standard InChI is InChI=1S/C21H18Cl2F4N4O2S/c1-3-31-19(11(2)33-17-7-5-13(24)9-15(17)23)29-30-20(31)34-10-18(32)28-16-8-12(21(25,26)27)4-6-14(16)22/h4-9,11H,3,10H2,1-2H3,(H,28,32). The van der Waals surface area contributed by atoms with Crippen LogP contribution in [0.5, 0.6) is 5.75 Å². The molecule has 3 aromatic rings. The maximum atomic E-state index is 13.3. The van der Waals surface area contributed by atoms with E-state index in [0.717, 1.165) is 36.0 Å². The largest absolute Gasteiger partial charge is 0.481 e. The number of alkyl halides is 3. The lowest BCUT2D eigenvalue weighted by Crippen LogP contribution is -2.16. The van der Waals surface area contributed by atoms with Gasteiger partial charge >= 0.3 is 6.18 Å². The molecule has 0 bridgehead atoms. The normalized spacial score (nSPS) is 12.5. The summed E-state index contributed by atoms with van der Waals surface area (Å²) >= 11 is 13.0. The third-order valence-electron chi connectivity index (χ3n) is 4.52. The average Bonchev–Trinajstić information content (AvgIpc) is 3.18. The minimum Gasteiger partial charge on any atom is -0.481 e. The second-order valence-electron chi connectivity index (χ2n) is 6.95. The zero-order chi connectivity index (χ0) is 25.0. The average molecular weight is 537 g/mol. The van der Waals surface area contributed by atoms with Crippen molar-refractivity contribution in [3.63, 3.8) is 0 Å². The summed E-state index contributed by atoms with van der Waals surface area (Å²) in [4.78, 5) is 12.3. The predicted octanol–water partition coefficient (Wildman–Crippen LogP) is 6.63. The first kappa shape index (κ1) is 26.1. The molecule has 1 N–H and O–H groups in total. The highest BCUT2D eigenvalue weighted by Crippen LogP contribution is 2.34. The molecular weight excluding hydrogens is 519 g/mol. The maximum absolute atomic E-state index is 13.3. The maximum Gasteiger partial charge on any atom is 0.416 e. The highest BCUT2D eigenvalue weighted by atomic mass is 35.5. The van der Waals surface area contributed by atoms with E-state index >= 15 is 0 Å². The number of ether oxygens (including phenoxy) is 1. The van der Waals surface area contributed by atoms with Gasteiger partial charge in [-0.2, -0.15) is 13.2 Å². The van der Waals surface area contributed by atoms with Crippen LogP contribution in [0.25, 0.3) is 0 Å². The van der Waals surface area contributed by atoms with Crippen molar-refractivity contribution in [3.05, 3.63) is 63.6 Å². The predicted molar refractivity (Wildman–Crippen MR) is 122 cm³/mol. The number of rotatable bonds is 8. The SMILES string of the molecule is CCn1c(SCC(=O)Nc2cc(C(F)(F)F)ccc2Cl)nnc1C(C)Oc1ccc(F)cc1Cl. The molecule has 0 aliphatic rings. The van der Waals surface area contributed by atoms with Crippen LogP contribution >= 0.6 is 35.0 Å². The number of hydrogen-bond acceptors (Lipinski definition) is 5. The Balaban J connectivity index is 1.67. The minimum absolute atomic E-state index is 0.0178. The first-order chi connectivity index (χ1) is 16.0. The zero-order valence-electron chi connectivity index (χ0n) is 17.8. The lowest BCUT2D eigenvalue weighted by molar-refractivity contribution is -0.137. The molecular formula is C21H18Cl2F4N4O2S. The second-order valence-corrected chi connectivity index (χ2v) is 8.71. The lowest BCUT2D eigenvalue weighted by atomic mass is 10.2. The Labute approximate surface area is 206 Å². The third-order valence-corrected chi connectivity index (χ3v) is 6.11. The molecule has 1 atom stereocenters. The molecule has 1 aromatic heterocycles. The van der Waals surface area contributed by atoms with Crippen molar-refractivity contribution < 1.29 is 27.1 Å². The molecule has 2 aromatic carbocycles. The van der Waals surface area contributed by atoms with Crippen LogP contribution in [0.1, 0.15) is 31.3 Å². The van der Waals surface area contributed by atoms with E-state index in [0.29, 0.717) is 17.5 Å². The fourth-order valence-electron chi connectivity index (χ4n) is 2.93. The van der Waals surface area contributed by atoms with E-state index < -0.39 is 29.6 Å². The summed E-state index contributed by atoms with van der Waals surface area (Å²) in [5.74, 6) is -0.491. The van der Waals surface area contributed by atoms with Crippen molar-refractivity contribution in [2.75, 3.05) is 11.1 Å². The van der Waals surface area contributed by atoms with Crippen LogP contribution in [-0.4, -0.2) is 26.4 Å². The van der Waals surface area contributed by atoms with Gasteiger partial charge < -0.3 is 14.6 Å². The fraction of sp³-hybridized carbons (Fsp3) is 0.286. The fourth-order valence-corrected chi connectivity index (χ4v) is 4.12. The van der Waals surface area contributed by atoms with Crippen molar-refractivity contribution in [1.82, 2.24) is 14.8 Å². The van der Waals surface area contributed by atoms with Crippen LogP contribution in [0.15, 0.2) is 41.6 Å².